The molecule has 0 spiro atoms. The van der Waals surface area contributed by atoms with Crippen molar-refractivity contribution in [3.05, 3.63) is 95.6 Å². The molecule has 0 bridgehead atoms. The second kappa shape index (κ2) is 34.0. The minimum absolute atomic E-state index is 0.00379. The molecule has 3 rings (SSSR count). The van der Waals surface area contributed by atoms with Gasteiger partial charge >= 0.3 is 6.03 Å². The molecule has 25 nitrogen and oxygen atoms in total. The van der Waals surface area contributed by atoms with E-state index in [1.165, 1.54) is 31.3 Å². The van der Waals surface area contributed by atoms with E-state index in [0.717, 1.165) is 5.56 Å². The summed E-state index contributed by atoms with van der Waals surface area (Å²) >= 11 is 0. The highest BCUT2D eigenvalue weighted by molar-refractivity contribution is 5.98. The van der Waals surface area contributed by atoms with Crippen LogP contribution in [0.15, 0.2) is 83.9 Å². The molecule has 0 radical (unpaired) electrons. The van der Waals surface area contributed by atoms with E-state index in [0.29, 0.717) is 17.5 Å². The molecule has 0 aliphatic rings. The van der Waals surface area contributed by atoms with Crippen LogP contribution in [0.25, 0.3) is 0 Å². The number of ketones is 1. The number of aryl methyl sites for hydroxylation is 1. The largest absolute Gasteiger partial charge is 0.508 e. The predicted molar refractivity (Wildman–Crippen MR) is 304 cm³/mol. The van der Waals surface area contributed by atoms with Crippen LogP contribution in [-0.2, 0) is 57.6 Å². The maximum Gasteiger partial charge on any atom is 0.312 e. The van der Waals surface area contributed by atoms with Gasteiger partial charge in [-0.1, -0.05) is 89.2 Å². The van der Waals surface area contributed by atoms with Crippen LogP contribution in [0.3, 0.4) is 0 Å². The van der Waals surface area contributed by atoms with Crippen LogP contribution in [0.1, 0.15) is 89.8 Å². The molecular weight excluding hydrogens is 1050 g/mol. The van der Waals surface area contributed by atoms with E-state index < -0.39 is 108 Å². The smallest absolute Gasteiger partial charge is 0.312 e. The number of hydrogen-bond donors (Lipinski definition) is 15. The van der Waals surface area contributed by atoms with Gasteiger partial charge in [-0.05, 0) is 105 Å². The summed E-state index contributed by atoms with van der Waals surface area (Å²) in [5.74, 6) is -6.13. The fourth-order valence-electron chi connectivity index (χ4n) is 8.39. The van der Waals surface area contributed by atoms with E-state index in [2.05, 4.69) is 52.8 Å². The van der Waals surface area contributed by atoms with Gasteiger partial charge in [0.25, 0.3) is 0 Å². The quantitative estimate of drug-likeness (QED) is 0.0199. The average molecular weight is 1130 g/mol. The molecule has 7 atom stereocenters. The zero-order valence-corrected chi connectivity index (χ0v) is 47.0. The van der Waals surface area contributed by atoms with Crippen LogP contribution in [0.5, 0.6) is 11.5 Å². The molecule has 81 heavy (non-hydrogen) atoms. The van der Waals surface area contributed by atoms with Gasteiger partial charge < -0.3 is 80.4 Å². The minimum atomic E-state index is -1.52. The molecule has 0 fully saturated rings. The number of guanidine groups is 1. The van der Waals surface area contributed by atoms with Crippen LogP contribution in [0, 0.1) is 11.3 Å². The van der Waals surface area contributed by atoms with Crippen LogP contribution < -0.4 is 65.1 Å². The van der Waals surface area contributed by atoms with Crippen molar-refractivity contribution in [1.29, 1.82) is 0 Å². The average Bonchev–Trinajstić information content (AvgIpc) is 3.43. The second-order valence-electron chi connectivity index (χ2n) is 21.1. The van der Waals surface area contributed by atoms with Gasteiger partial charge in [0.15, 0.2) is 11.7 Å². The lowest BCUT2D eigenvalue weighted by molar-refractivity contribution is -0.136. The summed E-state index contributed by atoms with van der Waals surface area (Å²) in [7, 11) is 1.52. The Morgan fingerprint density at radius 1 is 0.543 bits per heavy atom. The summed E-state index contributed by atoms with van der Waals surface area (Å²) in [6.07, 6.45) is 0.978. The molecule has 0 saturated carbocycles. The van der Waals surface area contributed by atoms with E-state index in [9.17, 15) is 58.5 Å². The van der Waals surface area contributed by atoms with Crippen LogP contribution >= 0.6 is 0 Å². The van der Waals surface area contributed by atoms with Gasteiger partial charge in [-0.15, -0.1) is 0 Å². The fraction of sp³-hybridized carbons (Fsp3) is 0.500. The molecule has 0 saturated heterocycles. The third-order valence-electron chi connectivity index (χ3n) is 12.8. The van der Waals surface area contributed by atoms with Crippen molar-refractivity contribution in [3.8, 4) is 11.5 Å². The van der Waals surface area contributed by atoms with Crippen LogP contribution in [0.4, 0.5) is 4.79 Å². The van der Waals surface area contributed by atoms with Gasteiger partial charge in [-0.2, -0.15) is 0 Å². The third-order valence-corrected chi connectivity index (χ3v) is 12.8. The number of nitrogens with one attached hydrogen (secondary N) is 9. The summed E-state index contributed by atoms with van der Waals surface area (Å²) in [5.41, 5.74) is 17.0. The van der Waals surface area contributed by atoms with Crippen molar-refractivity contribution in [2.45, 2.75) is 135 Å². The first kappa shape index (κ1) is 67.0. The normalized spacial score (nSPS) is 13.8. The SMILES string of the molecule is CN[C@@H](CCCN=C(N)N)C(=O)N[C@@H](CO)C(=O)N[C@@H](CCCNC(N)=O)C(=O)NCC(=O)N[C@@H](CCc1ccccc1)C(=O)N[C@@H](Cc1ccc(O)cc1)C(=O)N[C@@H](CC(C)C)C(=O)N[C@@H](Cc1ccc(O)cc1)C(=O)C(C)(C)C. The summed E-state index contributed by atoms with van der Waals surface area (Å²) in [6, 6.07) is 11.7. The first-order valence-electron chi connectivity index (χ1n) is 26.9. The lowest BCUT2D eigenvalue weighted by atomic mass is 9.84. The Labute approximate surface area is 472 Å². The fourth-order valence-corrected chi connectivity index (χ4v) is 8.39. The third kappa shape index (κ3) is 25.1. The number of primary amides is 1. The number of aliphatic imine (C=N–C) groups is 1. The molecule has 0 unspecified atom stereocenters. The number of aliphatic hydroxyl groups is 1. The first-order chi connectivity index (χ1) is 38.3. The van der Waals surface area contributed by atoms with Gasteiger partial charge in [0.2, 0.25) is 41.4 Å². The number of hydrogen-bond acceptors (Lipinski definition) is 14. The summed E-state index contributed by atoms with van der Waals surface area (Å²) < 4.78 is 0. The highest BCUT2D eigenvalue weighted by Crippen LogP contribution is 2.21. The van der Waals surface area contributed by atoms with Gasteiger partial charge in [0.05, 0.1) is 25.2 Å². The number of likely N-dealkylation sites (N-methyl/N-ethyl adjacent to an activating group) is 1. The molecule has 0 aliphatic carbocycles. The number of aliphatic hydroxyl groups excluding tert-OH is 1. The van der Waals surface area contributed by atoms with Crippen LogP contribution in [0.2, 0.25) is 0 Å². The van der Waals surface area contributed by atoms with Gasteiger partial charge in [0.1, 0.15) is 41.7 Å². The Balaban J connectivity index is 1.89. The highest BCUT2D eigenvalue weighted by Gasteiger charge is 2.36. The number of nitrogens with zero attached hydrogens (tertiary/aromatic N) is 1. The van der Waals surface area contributed by atoms with Gasteiger partial charge in [-0.25, -0.2) is 4.79 Å². The van der Waals surface area contributed by atoms with Crippen molar-refractivity contribution in [2.75, 3.05) is 33.3 Å². The zero-order chi connectivity index (χ0) is 60.2. The van der Waals surface area contributed by atoms with E-state index >= 15 is 0 Å². The minimum Gasteiger partial charge on any atom is -0.508 e. The van der Waals surface area contributed by atoms with E-state index in [1.54, 1.807) is 63.2 Å². The topological polar surface area (TPSA) is 413 Å². The predicted octanol–water partition coefficient (Wildman–Crippen LogP) is -0.716. The molecule has 3 aromatic carbocycles. The maximum atomic E-state index is 14.6. The molecule has 18 N–H and O–H groups in total. The number of amides is 9. The van der Waals surface area contributed by atoms with Crippen molar-refractivity contribution < 1.29 is 58.5 Å². The monoisotopic (exact) mass is 1130 g/mol. The molecular formula is C56H83N13O12. The lowest BCUT2D eigenvalue weighted by Gasteiger charge is -2.29. The first-order valence-corrected chi connectivity index (χ1v) is 26.9. The molecule has 0 heterocycles. The van der Waals surface area contributed by atoms with Crippen molar-refractivity contribution in [1.82, 2.24) is 47.9 Å². The number of phenolic OH excluding ortho intramolecular Hbond substituents is 2. The molecule has 0 aliphatic heterocycles. The molecule has 444 valence electrons. The van der Waals surface area contributed by atoms with E-state index in [1.807, 2.05) is 26.0 Å². The highest BCUT2D eigenvalue weighted by atomic mass is 16.3. The number of benzene rings is 3. The Hall–Kier alpha value is -8.32. The number of urea groups is 1. The summed E-state index contributed by atoms with van der Waals surface area (Å²) in [5, 5.41) is 53.7. The van der Waals surface area contributed by atoms with Crippen molar-refractivity contribution >= 4 is 59.1 Å². The summed E-state index contributed by atoms with van der Waals surface area (Å²) in [4.78, 5) is 127. The number of nitrogens with two attached hydrogens (primary N) is 3. The van der Waals surface area contributed by atoms with Gasteiger partial charge in [-0.3, -0.25) is 43.3 Å². The van der Waals surface area contributed by atoms with Crippen molar-refractivity contribution in [3.63, 3.8) is 0 Å². The Bertz CT molecular complexity index is 2570. The van der Waals surface area contributed by atoms with E-state index in [-0.39, 0.29) is 93.6 Å². The van der Waals surface area contributed by atoms with Crippen molar-refractivity contribution in [2.24, 2.45) is 33.5 Å². The lowest BCUT2D eigenvalue weighted by Crippen LogP contribution is -2.59. The molecule has 3 aromatic rings. The Morgan fingerprint density at radius 2 is 1.02 bits per heavy atom. The number of aromatic hydroxyl groups is 2. The van der Waals surface area contributed by atoms with Crippen LogP contribution in [-0.4, -0.2) is 150 Å². The van der Waals surface area contributed by atoms with E-state index in [4.69, 9.17) is 17.2 Å². The number of carbonyl (C=O) groups excluding carboxylic acids is 9. The number of carbonyl (C=O) groups is 9. The second-order valence-corrected chi connectivity index (χ2v) is 21.1. The Kier molecular flexibility index (Phi) is 28.1. The van der Waals surface area contributed by atoms with Gasteiger partial charge in [0, 0.05) is 24.9 Å². The zero-order valence-electron chi connectivity index (χ0n) is 47.0. The number of phenols is 2. The number of Topliss-reactive ketones (excluding diaryl/α,β-unsaturated/α-hetero) is 1. The maximum absolute atomic E-state index is 14.6. The Morgan fingerprint density at radius 3 is 1.57 bits per heavy atom. The molecule has 9 amide bonds. The molecule has 25 heteroatoms. The standard InChI is InChI=1S/C56H83N13O12/c1-33(2)28-43(51(78)66-42(47(74)56(3,4)5)29-35-16-21-37(71)22-17-35)67-52(79)44(30-36-18-23-38(72)24-19-36)68-50(77)41(25-20-34-12-8-7-9-13-34)64-46(73)31-63-48(75)40(15-11-27-62-55(59)81)65-53(80)45(32-70)69-49(76)39(60-6)14-10-26-61-54(57)58/h7-9,12-13,16-19,21-24,33,39-45,60,70-72H,10-11,14-15,20,25-32H2,1-6H3,(H,63,75)(H,64,73)(H,65,80)(H,66,78)(H,67,79)(H,68,77)(H,69,76)(H4,57,58,61)(H3,59,62,81)/t39-,40-,41-,42-,43-,44-,45-/m0/s1. The summed E-state index contributed by atoms with van der Waals surface area (Å²) in [6.45, 7) is 7.50. The number of rotatable bonds is 34. The molecule has 0 aromatic heterocycles.